The van der Waals surface area contributed by atoms with Crippen LogP contribution in [0.5, 0.6) is 0 Å². The van der Waals surface area contributed by atoms with Gasteiger partial charge in [0.1, 0.15) is 5.69 Å². The van der Waals surface area contributed by atoms with E-state index in [1.54, 1.807) is 11.1 Å². The lowest BCUT2D eigenvalue weighted by Crippen LogP contribution is -2.41. The monoisotopic (exact) mass is 497 g/mol. The van der Waals surface area contributed by atoms with E-state index >= 15 is 0 Å². The molecule has 0 aliphatic rings. The van der Waals surface area contributed by atoms with Crippen LogP contribution < -0.4 is 5.32 Å². The number of imidazole rings is 1. The van der Waals surface area contributed by atoms with Crippen LogP contribution in [0.1, 0.15) is 38.5 Å². The van der Waals surface area contributed by atoms with Crippen LogP contribution in [0.15, 0.2) is 78.4 Å². The minimum Gasteiger partial charge on any atom is -0.351 e. The summed E-state index contributed by atoms with van der Waals surface area (Å²) in [6.07, 6.45) is 4.91. The Morgan fingerprint density at radius 2 is 1.94 bits per heavy atom. The SMILES string of the molecule is Cc1nc2sccn2c1C(=O)NCC[C@H](Cc1ccccc1)N(C)C(=O)c1ccc2ncccc2c1. The molecular weight excluding hydrogens is 470 g/mol. The van der Waals surface area contributed by atoms with Crippen molar-refractivity contribution in [1.29, 1.82) is 0 Å². The molecule has 7 nitrogen and oxygen atoms in total. The van der Waals surface area contributed by atoms with Crippen molar-refractivity contribution in [2.75, 3.05) is 13.6 Å². The highest BCUT2D eigenvalue weighted by Gasteiger charge is 2.23. The van der Waals surface area contributed by atoms with Crippen molar-refractivity contribution < 1.29 is 9.59 Å². The number of likely N-dealkylation sites (N-methyl/N-ethyl adjacent to an activating group) is 1. The quantitative estimate of drug-likeness (QED) is 0.335. The van der Waals surface area contributed by atoms with E-state index in [0.717, 1.165) is 21.4 Å². The number of carbonyl (C=O) groups excluding carboxylic acids is 2. The number of hydrogen-bond acceptors (Lipinski definition) is 5. The van der Waals surface area contributed by atoms with Crippen molar-refractivity contribution in [3.8, 4) is 0 Å². The fraction of sp³-hybridized carbons (Fsp3) is 0.214. The second kappa shape index (κ2) is 10.3. The molecule has 0 bridgehead atoms. The van der Waals surface area contributed by atoms with Gasteiger partial charge in [0.25, 0.3) is 11.8 Å². The first-order valence-electron chi connectivity index (χ1n) is 11.9. The maximum atomic E-state index is 13.5. The van der Waals surface area contributed by atoms with Gasteiger partial charge in [0, 0.05) is 48.4 Å². The topological polar surface area (TPSA) is 79.6 Å². The van der Waals surface area contributed by atoms with E-state index in [9.17, 15) is 9.59 Å². The fourth-order valence-electron chi connectivity index (χ4n) is 4.50. The Balaban J connectivity index is 1.32. The number of fused-ring (bicyclic) bond motifs is 2. The molecule has 0 unspecified atom stereocenters. The first kappa shape index (κ1) is 23.7. The lowest BCUT2D eigenvalue weighted by Gasteiger charge is -2.29. The standard InChI is InChI=1S/C28H27N5O2S/c1-19-25(33-15-16-36-28(33)31-19)26(34)30-14-12-23(17-20-7-4-3-5-8-20)32(2)27(35)22-10-11-24-21(18-22)9-6-13-29-24/h3-11,13,15-16,18,23H,12,14,17H2,1-2H3,(H,30,34)/t23-/m1/s1. The van der Waals surface area contributed by atoms with Crippen LogP contribution in [-0.2, 0) is 6.42 Å². The van der Waals surface area contributed by atoms with Gasteiger partial charge in [0.15, 0.2) is 4.96 Å². The van der Waals surface area contributed by atoms with Crippen LogP contribution in [0.2, 0.25) is 0 Å². The van der Waals surface area contributed by atoms with Gasteiger partial charge < -0.3 is 10.2 Å². The number of benzene rings is 2. The van der Waals surface area contributed by atoms with Crippen molar-refractivity contribution in [3.05, 3.63) is 101 Å². The number of aryl methyl sites for hydroxylation is 1. The molecule has 1 atom stereocenters. The summed E-state index contributed by atoms with van der Waals surface area (Å²) in [6, 6.07) is 19.4. The van der Waals surface area contributed by atoms with Gasteiger partial charge in [-0.15, -0.1) is 11.3 Å². The molecule has 8 heteroatoms. The predicted octanol–water partition coefficient (Wildman–Crippen LogP) is 4.76. The molecule has 0 saturated carbocycles. The molecule has 5 rings (SSSR count). The van der Waals surface area contributed by atoms with E-state index in [0.29, 0.717) is 36.3 Å². The highest BCUT2D eigenvalue weighted by Crippen LogP contribution is 2.19. The summed E-state index contributed by atoms with van der Waals surface area (Å²) in [5, 5.41) is 5.89. The molecule has 3 heterocycles. The van der Waals surface area contributed by atoms with Gasteiger partial charge in [0.2, 0.25) is 0 Å². The molecule has 3 aromatic heterocycles. The van der Waals surface area contributed by atoms with E-state index < -0.39 is 0 Å². The highest BCUT2D eigenvalue weighted by atomic mass is 32.1. The second-order valence-electron chi connectivity index (χ2n) is 8.82. The van der Waals surface area contributed by atoms with Crippen LogP contribution in [0, 0.1) is 6.92 Å². The Morgan fingerprint density at radius 3 is 2.78 bits per heavy atom. The smallest absolute Gasteiger partial charge is 0.270 e. The summed E-state index contributed by atoms with van der Waals surface area (Å²) < 4.78 is 1.82. The second-order valence-corrected chi connectivity index (χ2v) is 9.69. The number of nitrogens with zero attached hydrogens (tertiary/aromatic N) is 4. The maximum absolute atomic E-state index is 13.5. The van der Waals surface area contributed by atoms with Gasteiger partial charge in [-0.05, 0) is 49.6 Å². The van der Waals surface area contributed by atoms with E-state index in [1.807, 2.05) is 78.5 Å². The van der Waals surface area contributed by atoms with Gasteiger partial charge in [-0.25, -0.2) is 4.98 Å². The van der Waals surface area contributed by atoms with Crippen LogP contribution in [0.25, 0.3) is 15.9 Å². The average Bonchev–Trinajstić information content (AvgIpc) is 3.47. The van der Waals surface area contributed by atoms with Crippen LogP contribution in [0.3, 0.4) is 0 Å². The highest BCUT2D eigenvalue weighted by molar-refractivity contribution is 7.15. The minimum atomic E-state index is -0.159. The lowest BCUT2D eigenvalue weighted by atomic mass is 10.0. The van der Waals surface area contributed by atoms with E-state index in [-0.39, 0.29) is 17.9 Å². The third kappa shape index (κ3) is 4.85. The van der Waals surface area contributed by atoms with Crippen molar-refractivity contribution >= 4 is 39.0 Å². The number of carbonyl (C=O) groups is 2. The Morgan fingerprint density at radius 1 is 1.11 bits per heavy atom. The molecule has 2 aromatic carbocycles. The molecule has 36 heavy (non-hydrogen) atoms. The number of nitrogens with one attached hydrogen (secondary N) is 1. The lowest BCUT2D eigenvalue weighted by molar-refractivity contribution is 0.0723. The molecule has 182 valence electrons. The van der Waals surface area contributed by atoms with Crippen molar-refractivity contribution in [3.63, 3.8) is 0 Å². The average molecular weight is 498 g/mol. The number of rotatable bonds is 8. The Bertz CT molecular complexity index is 1530. The summed E-state index contributed by atoms with van der Waals surface area (Å²) >= 11 is 1.50. The first-order valence-corrected chi connectivity index (χ1v) is 12.8. The van der Waals surface area contributed by atoms with Crippen molar-refractivity contribution in [2.45, 2.75) is 25.8 Å². The van der Waals surface area contributed by atoms with Crippen LogP contribution in [0.4, 0.5) is 0 Å². The molecule has 0 aliphatic heterocycles. The zero-order valence-corrected chi connectivity index (χ0v) is 21.0. The third-order valence-electron chi connectivity index (χ3n) is 6.45. The summed E-state index contributed by atoms with van der Waals surface area (Å²) in [7, 11) is 1.83. The molecule has 0 fully saturated rings. The predicted molar refractivity (Wildman–Crippen MR) is 143 cm³/mol. The van der Waals surface area contributed by atoms with Gasteiger partial charge in [-0.2, -0.15) is 0 Å². The number of pyridine rings is 1. The van der Waals surface area contributed by atoms with Gasteiger partial charge >= 0.3 is 0 Å². The van der Waals surface area contributed by atoms with Crippen molar-refractivity contribution in [1.82, 2.24) is 24.6 Å². The number of aromatic nitrogens is 3. The molecule has 1 N–H and O–H groups in total. The van der Waals surface area contributed by atoms with E-state index in [1.165, 1.54) is 11.3 Å². The fourth-order valence-corrected chi connectivity index (χ4v) is 5.26. The van der Waals surface area contributed by atoms with Gasteiger partial charge in [-0.3, -0.25) is 19.0 Å². The summed E-state index contributed by atoms with van der Waals surface area (Å²) in [5.41, 5.74) is 3.88. The van der Waals surface area contributed by atoms with Gasteiger partial charge in [-0.1, -0.05) is 36.4 Å². The number of hydrogen-bond donors (Lipinski definition) is 1. The number of amides is 2. The molecule has 5 aromatic rings. The molecule has 0 radical (unpaired) electrons. The molecular formula is C28H27N5O2S. The zero-order valence-electron chi connectivity index (χ0n) is 20.2. The van der Waals surface area contributed by atoms with Crippen LogP contribution >= 0.6 is 11.3 Å². The third-order valence-corrected chi connectivity index (χ3v) is 7.20. The van der Waals surface area contributed by atoms with Crippen LogP contribution in [-0.4, -0.2) is 50.7 Å². The summed E-state index contributed by atoms with van der Waals surface area (Å²) in [5.74, 6) is -0.215. The maximum Gasteiger partial charge on any atom is 0.270 e. The summed E-state index contributed by atoms with van der Waals surface area (Å²) in [4.78, 5) is 37.8. The molecule has 0 saturated heterocycles. The molecule has 0 spiro atoms. The summed E-state index contributed by atoms with van der Waals surface area (Å²) in [6.45, 7) is 2.28. The number of thiazole rings is 1. The van der Waals surface area contributed by atoms with E-state index in [4.69, 9.17) is 0 Å². The Labute approximate surface area is 213 Å². The minimum absolute atomic E-state index is 0.0559. The zero-order chi connectivity index (χ0) is 25.1. The van der Waals surface area contributed by atoms with E-state index in [2.05, 4.69) is 27.4 Å². The Kier molecular flexibility index (Phi) is 6.77. The van der Waals surface area contributed by atoms with Crippen molar-refractivity contribution in [2.24, 2.45) is 0 Å². The molecule has 2 amide bonds. The normalized spacial score (nSPS) is 12.1. The molecule has 0 aliphatic carbocycles. The Hall–Kier alpha value is -4.04. The first-order chi connectivity index (χ1) is 17.5. The van der Waals surface area contributed by atoms with Gasteiger partial charge in [0.05, 0.1) is 11.2 Å². The largest absolute Gasteiger partial charge is 0.351 e.